The highest BCUT2D eigenvalue weighted by molar-refractivity contribution is 6.44. The van der Waals surface area contributed by atoms with Gasteiger partial charge in [-0.05, 0) is 17.7 Å². The lowest BCUT2D eigenvalue weighted by atomic mass is 10.2. The number of fused-ring (bicyclic) bond motifs is 1. The number of hydrogen-bond acceptors (Lipinski definition) is 2. The van der Waals surface area contributed by atoms with E-state index < -0.39 is 11.1 Å². The molecule has 0 unspecified atom stereocenters. The van der Waals surface area contributed by atoms with E-state index in [0.717, 1.165) is 0 Å². The van der Waals surface area contributed by atoms with E-state index in [1.807, 2.05) is 0 Å². The minimum absolute atomic E-state index is 0.0206. The van der Waals surface area contributed by atoms with Crippen LogP contribution in [-0.4, -0.2) is 6.29 Å². The van der Waals surface area contributed by atoms with Gasteiger partial charge in [0.05, 0.1) is 0 Å². The fourth-order valence-electron chi connectivity index (χ4n) is 1.10. The van der Waals surface area contributed by atoms with E-state index >= 15 is 0 Å². The van der Waals surface area contributed by atoms with E-state index in [0.29, 0.717) is 5.56 Å². The molecule has 2 nitrogen and oxygen atoms in total. The molecule has 0 amide bonds. The fourth-order valence-corrected chi connectivity index (χ4v) is 1.37. The first-order chi connectivity index (χ1) is 6.48. The van der Waals surface area contributed by atoms with Gasteiger partial charge in [-0.1, -0.05) is 6.07 Å². The molecule has 1 aromatic carbocycles. The molecule has 6 heteroatoms. The van der Waals surface area contributed by atoms with Gasteiger partial charge in [0.2, 0.25) is 0 Å². The number of halogens is 4. The molecule has 1 aromatic rings. The zero-order valence-corrected chi connectivity index (χ0v) is 8.15. The van der Waals surface area contributed by atoms with Crippen molar-refractivity contribution in [3.63, 3.8) is 0 Å². The van der Waals surface area contributed by atoms with Crippen LogP contribution in [0.1, 0.15) is 10.4 Å². The number of alkyl halides is 4. The highest BCUT2D eigenvalue weighted by atomic mass is 35.5. The molecule has 0 atom stereocenters. The Morgan fingerprint density at radius 2 is 1.79 bits per heavy atom. The predicted octanol–water partition coefficient (Wildman–Crippen LogP) is 3.48. The van der Waals surface area contributed by atoms with Crippen molar-refractivity contribution in [1.82, 2.24) is 0 Å². The minimum Gasteiger partial charge on any atom is -0.395 e. The van der Waals surface area contributed by atoms with Gasteiger partial charge in [0, 0.05) is 0 Å². The second-order valence-corrected chi connectivity index (χ2v) is 3.77. The van der Waals surface area contributed by atoms with Gasteiger partial charge in [-0.15, -0.1) is 32.0 Å². The summed E-state index contributed by atoms with van der Waals surface area (Å²) in [6, 6.07) is 4.15. The van der Waals surface area contributed by atoms with Crippen molar-refractivity contribution in [2.75, 3.05) is 0 Å². The van der Waals surface area contributed by atoms with Crippen molar-refractivity contribution in [1.29, 1.82) is 0 Å². The summed E-state index contributed by atoms with van der Waals surface area (Å²) in [5.41, 5.74) is 0.480. The van der Waals surface area contributed by atoms with E-state index in [2.05, 4.69) is 9.47 Å². The molecule has 0 N–H and O–H groups in total. The first-order valence-corrected chi connectivity index (χ1v) is 4.53. The van der Waals surface area contributed by atoms with E-state index in [1.165, 1.54) is 18.2 Å². The van der Waals surface area contributed by atoms with E-state index in [1.54, 1.807) is 0 Å². The Hall–Kier alpha value is -0.740. The van der Waals surface area contributed by atoms with E-state index in [4.69, 9.17) is 23.2 Å². The van der Waals surface area contributed by atoms with Crippen molar-refractivity contribution in [2.45, 2.75) is 11.1 Å². The minimum atomic E-state index is -3.60. The summed E-state index contributed by atoms with van der Waals surface area (Å²) in [6.45, 7) is 0. The highest BCUT2D eigenvalue weighted by Gasteiger charge is 2.43. The zero-order valence-electron chi connectivity index (χ0n) is 6.64. The maximum atomic E-state index is 12.6. The van der Waals surface area contributed by atoms with Crippen LogP contribution in [0.5, 0.6) is 11.5 Å². The lowest BCUT2D eigenvalue weighted by Gasteiger charge is -2.04. The molecule has 0 aromatic heterocycles. The highest BCUT2D eigenvalue weighted by Crippen LogP contribution is 2.43. The lowest BCUT2D eigenvalue weighted by molar-refractivity contribution is -0.286. The normalized spacial score (nSPS) is 17.5. The van der Waals surface area contributed by atoms with Crippen LogP contribution >= 0.6 is 23.2 Å². The van der Waals surface area contributed by atoms with Crippen LogP contribution in [0.25, 0.3) is 0 Å². The van der Waals surface area contributed by atoms with Gasteiger partial charge >= 0.3 is 6.29 Å². The van der Waals surface area contributed by atoms with Gasteiger partial charge in [0.1, 0.15) is 4.84 Å². The molecule has 0 saturated heterocycles. The molecular formula is C8H4Cl2F2O2. The summed E-state index contributed by atoms with van der Waals surface area (Å²) in [5, 5.41) is 0. The Labute approximate surface area is 88.3 Å². The fraction of sp³-hybridized carbons (Fsp3) is 0.250. The molecule has 0 radical (unpaired) electrons. The molecule has 0 spiro atoms. The monoisotopic (exact) mass is 240 g/mol. The van der Waals surface area contributed by atoms with Gasteiger partial charge in [-0.2, -0.15) is 0 Å². The Balaban J connectivity index is 2.36. The molecule has 14 heavy (non-hydrogen) atoms. The van der Waals surface area contributed by atoms with Crippen LogP contribution in [0.15, 0.2) is 18.2 Å². The Kier molecular flexibility index (Phi) is 2.20. The molecule has 2 rings (SSSR count). The summed E-state index contributed by atoms with van der Waals surface area (Å²) in [4.78, 5) is -0.780. The van der Waals surface area contributed by atoms with Crippen LogP contribution in [-0.2, 0) is 0 Å². The first-order valence-electron chi connectivity index (χ1n) is 3.66. The third-order valence-electron chi connectivity index (χ3n) is 1.68. The average Bonchev–Trinajstić information content (AvgIpc) is 2.36. The number of rotatable bonds is 1. The van der Waals surface area contributed by atoms with Crippen molar-refractivity contribution < 1.29 is 18.3 Å². The van der Waals surface area contributed by atoms with E-state index in [9.17, 15) is 8.78 Å². The molecule has 1 heterocycles. The quantitative estimate of drug-likeness (QED) is 0.700. The average molecular weight is 241 g/mol. The van der Waals surface area contributed by atoms with Gasteiger partial charge < -0.3 is 9.47 Å². The summed E-state index contributed by atoms with van der Waals surface area (Å²) in [7, 11) is 0. The van der Waals surface area contributed by atoms with Crippen molar-refractivity contribution in [3.05, 3.63) is 23.8 Å². The molecule has 0 bridgehead atoms. The first kappa shape index (κ1) is 9.80. The molecule has 0 saturated carbocycles. The maximum Gasteiger partial charge on any atom is 0.586 e. The third-order valence-corrected chi connectivity index (χ3v) is 2.18. The summed E-state index contributed by atoms with van der Waals surface area (Å²) >= 11 is 11.1. The van der Waals surface area contributed by atoms with Gasteiger partial charge in [0.15, 0.2) is 11.5 Å². The van der Waals surface area contributed by atoms with Crippen molar-refractivity contribution in [2.24, 2.45) is 0 Å². The summed E-state index contributed by atoms with van der Waals surface area (Å²) < 4.78 is 33.5. The van der Waals surface area contributed by atoms with Crippen molar-refractivity contribution >= 4 is 23.2 Å². The standard InChI is InChI=1S/C8H4Cl2F2O2/c9-7(10)4-1-2-5-6(3-4)14-8(11,12)13-5/h1-3,7H. The summed E-state index contributed by atoms with van der Waals surface area (Å²) in [5.74, 6) is -0.0773. The predicted molar refractivity (Wildman–Crippen MR) is 47.1 cm³/mol. The Morgan fingerprint density at radius 1 is 1.14 bits per heavy atom. The van der Waals surface area contributed by atoms with Crippen LogP contribution in [0.3, 0.4) is 0 Å². The van der Waals surface area contributed by atoms with Crippen LogP contribution in [0.2, 0.25) is 0 Å². The zero-order chi connectivity index (χ0) is 10.3. The largest absolute Gasteiger partial charge is 0.586 e. The van der Waals surface area contributed by atoms with Crippen LogP contribution < -0.4 is 9.47 Å². The Bertz CT molecular complexity index is 368. The maximum absolute atomic E-state index is 12.6. The SMILES string of the molecule is FC1(F)Oc2ccc(C(Cl)Cl)cc2O1. The third kappa shape index (κ3) is 1.72. The van der Waals surface area contributed by atoms with Crippen molar-refractivity contribution in [3.8, 4) is 11.5 Å². The molecule has 0 aliphatic carbocycles. The van der Waals surface area contributed by atoms with Gasteiger partial charge in [-0.25, -0.2) is 0 Å². The van der Waals surface area contributed by atoms with Crippen LogP contribution in [0.4, 0.5) is 8.78 Å². The van der Waals surface area contributed by atoms with E-state index in [-0.39, 0.29) is 11.5 Å². The number of hydrogen-bond donors (Lipinski definition) is 0. The second kappa shape index (κ2) is 3.14. The number of benzene rings is 1. The molecule has 0 fully saturated rings. The Morgan fingerprint density at radius 3 is 2.43 bits per heavy atom. The number of ether oxygens (including phenoxy) is 2. The molecule has 76 valence electrons. The molecule has 1 aliphatic heterocycles. The summed E-state index contributed by atoms with van der Waals surface area (Å²) in [6.07, 6.45) is -3.60. The van der Waals surface area contributed by atoms with Gasteiger partial charge in [0.25, 0.3) is 0 Å². The smallest absolute Gasteiger partial charge is 0.395 e. The lowest BCUT2D eigenvalue weighted by Crippen LogP contribution is -2.25. The second-order valence-electron chi connectivity index (χ2n) is 2.67. The molecule has 1 aliphatic rings. The van der Waals surface area contributed by atoms with Crippen LogP contribution in [0, 0.1) is 0 Å². The molecular weight excluding hydrogens is 237 g/mol. The topological polar surface area (TPSA) is 18.5 Å². The van der Waals surface area contributed by atoms with Gasteiger partial charge in [-0.3, -0.25) is 0 Å².